The van der Waals surface area contributed by atoms with Gasteiger partial charge >= 0.3 is 5.97 Å². The van der Waals surface area contributed by atoms with Crippen LogP contribution < -0.4 is 10.1 Å². The van der Waals surface area contributed by atoms with Crippen molar-refractivity contribution < 1.29 is 23.9 Å². The van der Waals surface area contributed by atoms with E-state index in [0.29, 0.717) is 22.6 Å². The number of methoxy groups -OCH3 is 1. The second-order valence-corrected chi connectivity index (χ2v) is 5.33. The molecular weight excluding hydrogens is 322 g/mol. The Morgan fingerprint density at radius 2 is 1.80 bits per heavy atom. The molecule has 0 heterocycles. The highest BCUT2D eigenvalue weighted by Crippen LogP contribution is 2.18. The van der Waals surface area contributed by atoms with Crippen LogP contribution in [0.1, 0.15) is 22.8 Å². The van der Waals surface area contributed by atoms with Crippen molar-refractivity contribution in [3.05, 3.63) is 59.7 Å². The maximum atomic E-state index is 11.9. The molecule has 25 heavy (non-hydrogen) atoms. The fourth-order valence-corrected chi connectivity index (χ4v) is 2.21. The predicted octanol–water partition coefficient (Wildman–Crippen LogP) is 2.62. The molecule has 2 rings (SSSR count). The van der Waals surface area contributed by atoms with Gasteiger partial charge in [0.1, 0.15) is 5.75 Å². The number of carbonyl (C=O) groups is 3. The minimum Gasteiger partial charge on any atom is -0.496 e. The number of carbonyl (C=O) groups excluding carboxylic acids is 3. The fourth-order valence-electron chi connectivity index (χ4n) is 2.21. The van der Waals surface area contributed by atoms with Gasteiger partial charge in [-0.25, -0.2) is 0 Å². The smallest absolute Gasteiger partial charge is 0.310 e. The maximum Gasteiger partial charge on any atom is 0.310 e. The van der Waals surface area contributed by atoms with E-state index in [-0.39, 0.29) is 12.2 Å². The van der Waals surface area contributed by atoms with Gasteiger partial charge in [-0.05, 0) is 25.1 Å². The normalized spacial score (nSPS) is 10.0. The zero-order valence-corrected chi connectivity index (χ0v) is 14.1. The molecule has 6 heteroatoms. The van der Waals surface area contributed by atoms with Gasteiger partial charge in [0.15, 0.2) is 12.4 Å². The average Bonchev–Trinajstić information content (AvgIpc) is 2.60. The van der Waals surface area contributed by atoms with Gasteiger partial charge in [-0.3, -0.25) is 14.4 Å². The molecule has 1 N–H and O–H groups in total. The number of hydrogen-bond donors (Lipinski definition) is 1. The Hall–Kier alpha value is -3.15. The SMILES string of the molecule is COc1ccccc1CC(=O)OCC(=O)Nc1cccc(C(C)=O)c1. The number of nitrogens with one attached hydrogen (secondary N) is 1. The Labute approximate surface area is 145 Å². The van der Waals surface area contributed by atoms with E-state index in [1.54, 1.807) is 48.5 Å². The van der Waals surface area contributed by atoms with Crippen LogP contribution in [0.3, 0.4) is 0 Å². The summed E-state index contributed by atoms with van der Waals surface area (Å²) in [5.41, 5.74) is 1.65. The number of esters is 1. The van der Waals surface area contributed by atoms with Crippen molar-refractivity contribution in [2.45, 2.75) is 13.3 Å². The molecule has 130 valence electrons. The molecule has 1 amide bonds. The third-order valence-electron chi connectivity index (χ3n) is 3.44. The number of Topliss-reactive ketones (excluding diaryl/α,β-unsaturated/α-hetero) is 1. The number of ether oxygens (including phenoxy) is 2. The van der Waals surface area contributed by atoms with Crippen LogP contribution in [0.4, 0.5) is 5.69 Å². The lowest BCUT2D eigenvalue weighted by Gasteiger charge is -2.09. The molecule has 0 saturated carbocycles. The van der Waals surface area contributed by atoms with E-state index in [1.807, 2.05) is 0 Å². The van der Waals surface area contributed by atoms with Crippen LogP contribution in [-0.4, -0.2) is 31.4 Å². The number of benzene rings is 2. The molecular formula is C19H19NO5. The third-order valence-corrected chi connectivity index (χ3v) is 3.44. The lowest BCUT2D eigenvalue weighted by Crippen LogP contribution is -2.21. The van der Waals surface area contributed by atoms with Gasteiger partial charge in [-0.2, -0.15) is 0 Å². The lowest BCUT2D eigenvalue weighted by atomic mass is 10.1. The number of hydrogen-bond acceptors (Lipinski definition) is 5. The Kier molecular flexibility index (Phi) is 6.28. The number of ketones is 1. The van der Waals surface area contributed by atoms with Crippen molar-refractivity contribution in [1.82, 2.24) is 0 Å². The molecule has 0 aliphatic heterocycles. The van der Waals surface area contributed by atoms with Gasteiger partial charge < -0.3 is 14.8 Å². The van der Waals surface area contributed by atoms with E-state index in [1.165, 1.54) is 14.0 Å². The second kappa shape index (κ2) is 8.63. The molecule has 0 bridgehead atoms. The Morgan fingerprint density at radius 3 is 2.52 bits per heavy atom. The van der Waals surface area contributed by atoms with Crippen LogP contribution in [0, 0.1) is 0 Å². The predicted molar refractivity (Wildman–Crippen MR) is 92.7 cm³/mol. The van der Waals surface area contributed by atoms with Crippen LogP contribution in [-0.2, 0) is 20.7 Å². The van der Waals surface area contributed by atoms with Gasteiger partial charge in [-0.15, -0.1) is 0 Å². The fraction of sp³-hybridized carbons (Fsp3) is 0.211. The summed E-state index contributed by atoms with van der Waals surface area (Å²) < 4.78 is 10.2. The molecule has 0 radical (unpaired) electrons. The molecule has 2 aromatic rings. The zero-order chi connectivity index (χ0) is 18.2. The van der Waals surface area contributed by atoms with Crippen molar-refractivity contribution >= 4 is 23.3 Å². The Bertz CT molecular complexity index is 785. The van der Waals surface area contributed by atoms with Gasteiger partial charge in [0.2, 0.25) is 0 Å². The van der Waals surface area contributed by atoms with Crippen molar-refractivity contribution in [3.8, 4) is 5.75 Å². The lowest BCUT2D eigenvalue weighted by molar-refractivity contribution is -0.146. The first kappa shape index (κ1) is 18.2. The first-order chi connectivity index (χ1) is 12.0. The molecule has 0 fully saturated rings. The Balaban J connectivity index is 1.86. The molecule has 2 aromatic carbocycles. The van der Waals surface area contributed by atoms with Crippen LogP contribution in [0.5, 0.6) is 5.75 Å². The number of amides is 1. The van der Waals surface area contributed by atoms with E-state index in [4.69, 9.17) is 9.47 Å². The van der Waals surface area contributed by atoms with Crippen LogP contribution in [0.15, 0.2) is 48.5 Å². The van der Waals surface area contributed by atoms with Crippen molar-refractivity contribution in [2.24, 2.45) is 0 Å². The van der Waals surface area contributed by atoms with E-state index >= 15 is 0 Å². The van der Waals surface area contributed by atoms with Crippen LogP contribution in [0.25, 0.3) is 0 Å². The van der Waals surface area contributed by atoms with Gasteiger partial charge in [0.05, 0.1) is 13.5 Å². The summed E-state index contributed by atoms with van der Waals surface area (Å²) >= 11 is 0. The van der Waals surface area contributed by atoms with Gasteiger partial charge in [0.25, 0.3) is 5.91 Å². The van der Waals surface area contributed by atoms with E-state index in [2.05, 4.69) is 5.32 Å². The summed E-state index contributed by atoms with van der Waals surface area (Å²) in [5, 5.41) is 2.59. The molecule has 0 saturated heterocycles. The van der Waals surface area contributed by atoms with Gasteiger partial charge in [-0.1, -0.05) is 30.3 Å². The minimum absolute atomic E-state index is 0.0110. The third kappa shape index (κ3) is 5.46. The average molecular weight is 341 g/mol. The quantitative estimate of drug-likeness (QED) is 0.618. The first-order valence-corrected chi connectivity index (χ1v) is 7.68. The summed E-state index contributed by atoms with van der Waals surface area (Å²) in [4.78, 5) is 35.1. The van der Waals surface area contributed by atoms with Gasteiger partial charge in [0, 0.05) is 16.8 Å². The minimum atomic E-state index is -0.530. The van der Waals surface area contributed by atoms with Crippen molar-refractivity contribution in [3.63, 3.8) is 0 Å². The number of para-hydroxylation sites is 1. The summed E-state index contributed by atoms with van der Waals surface area (Å²) in [6, 6.07) is 13.6. The highest BCUT2D eigenvalue weighted by atomic mass is 16.5. The molecule has 0 atom stereocenters. The molecule has 0 spiro atoms. The van der Waals surface area contributed by atoms with Crippen LogP contribution >= 0.6 is 0 Å². The summed E-state index contributed by atoms with van der Waals surface area (Å²) in [6.45, 7) is 1.04. The number of anilines is 1. The van der Waals surface area contributed by atoms with Crippen molar-refractivity contribution in [2.75, 3.05) is 19.0 Å². The van der Waals surface area contributed by atoms with E-state index < -0.39 is 18.5 Å². The van der Waals surface area contributed by atoms with E-state index in [0.717, 1.165) is 0 Å². The first-order valence-electron chi connectivity index (χ1n) is 7.68. The highest BCUT2D eigenvalue weighted by Gasteiger charge is 2.12. The Morgan fingerprint density at radius 1 is 1.04 bits per heavy atom. The molecule has 6 nitrogen and oxygen atoms in total. The topological polar surface area (TPSA) is 81.7 Å². The van der Waals surface area contributed by atoms with Crippen molar-refractivity contribution in [1.29, 1.82) is 0 Å². The standard InChI is InChI=1S/C19H19NO5/c1-13(21)14-7-5-8-16(10-14)20-18(22)12-25-19(23)11-15-6-3-4-9-17(15)24-2/h3-10H,11-12H2,1-2H3,(H,20,22). The molecule has 0 aromatic heterocycles. The maximum absolute atomic E-state index is 11.9. The largest absolute Gasteiger partial charge is 0.496 e. The molecule has 0 aliphatic carbocycles. The molecule has 0 aliphatic rings. The number of rotatable bonds is 7. The second-order valence-electron chi connectivity index (χ2n) is 5.33. The van der Waals surface area contributed by atoms with E-state index in [9.17, 15) is 14.4 Å². The van der Waals surface area contributed by atoms with Crippen LogP contribution in [0.2, 0.25) is 0 Å². The summed E-state index contributed by atoms with van der Waals surface area (Å²) in [6.07, 6.45) is 0.0110. The highest BCUT2D eigenvalue weighted by molar-refractivity contribution is 5.97. The zero-order valence-electron chi connectivity index (χ0n) is 14.1. The summed E-state index contributed by atoms with van der Waals surface area (Å²) in [7, 11) is 1.52. The monoisotopic (exact) mass is 341 g/mol. The summed E-state index contributed by atoms with van der Waals surface area (Å²) in [5.74, 6) is -0.518. The molecule has 0 unspecified atom stereocenters.